The highest BCUT2D eigenvalue weighted by molar-refractivity contribution is 5.67. The highest BCUT2D eigenvalue weighted by atomic mass is 15.2. The van der Waals surface area contributed by atoms with Gasteiger partial charge in [0.25, 0.3) is 0 Å². The summed E-state index contributed by atoms with van der Waals surface area (Å²) in [6.07, 6.45) is 4.81. The largest absolute Gasteiger partial charge is 0.384 e. The molecule has 0 spiro atoms. The molecule has 1 saturated heterocycles. The van der Waals surface area contributed by atoms with Crippen LogP contribution >= 0.6 is 0 Å². The molecule has 3 rings (SSSR count). The van der Waals surface area contributed by atoms with Gasteiger partial charge in [0, 0.05) is 36.0 Å². The maximum absolute atomic E-state index is 5.78. The van der Waals surface area contributed by atoms with E-state index in [0.717, 1.165) is 24.2 Å². The van der Waals surface area contributed by atoms with Gasteiger partial charge >= 0.3 is 0 Å². The number of hydrogen-bond donors (Lipinski definition) is 2. The fourth-order valence-electron chi connectivity index (χ4n) is 2.95. The van der Waals surface area contributed by atoms with Crippen molar-refractivity contribution < 1.29 is 0 Å². The van der Waals surface area contributed by atoms with Crippen LogP contribution in [0.4, 0.5) is 5.82 Å². The molecule has 3 heterocycles. The number of pyridine rings is 1. The highest BCUT2D eigenvalue weighted by Crippen LogP contribution is 2.34. The van der Waals surface area contributed by atoms with Crippen molar-refractivity contribution in [2.75, 3.05) is 18.8 Å². The van der Waals surface area contributed by atoms with Crippen molar-refractivity contribution in [3.8, 4) is 11.1 Å². The number of aromatic amines is 1. The Kier molecular flexibility index (Phi) is 3.44. The number of hydrogen-bond acceptors (Lipinski definition) is 4. The molecule has 5 nitrogen and oxygen atoms in total. The predicted octanol–water partition coefficient (Wildman–Crippen LogP) is 2.25. The van der Waals surface area contributed by atoms with Gasteiger partial charge in [0.2, 0.25) is 0 Å². The normalized spacial score (nSPS) is 19.9. The fraction of sp³-hybridized carbons (Fsp3) is 0.467. The Labute approximate surface area is 119 Å². The standard InChI is InChI=1S/C15H21N5/c1-10(2)20-6-4-12(9-20)15-13(8-18-19-15)11-3-5-17-14(16)7-11/h3,5,7-8,10,12H,4,6,9H2,1-2H3,(H2,16,17)(H,18,19). The second-order valence-electron chi connectivity index (χ2n) is 5.74. The van der Waals surface area contributed by atoms with Gasteiger partial charge in [-0.3, -0.25) is 5.10 Å². The molecule has 0 amide bonds. The van der Waals surface area contributed by atoms with Crippen LogP contribution in [0, 0.1) is 0 Å². The summed E-state index contributed by atoms with van der Waals surface area (Å²) in [5.74, 6) is 1.06. The molecule has 0 aromatic carbocycles. The molecular weight excluding hydrogens is 250 g/mol. The number of nitrogens with one attached hydrogen (secondary N) is 1. The van der Waals surface area contributed by atoms with E-state index < -0.39 is 0 Å². The van der Waals surface area contributed by atoms with Crippen LogP contribution in [0.1, 0.15) is 31.9 Å². The molecule has 0 radical (unpaired) electrons. The molecule has 1 aliphatic rings. The summed E-state index contributed by atoms with van der Waals surface area (Å²) in [6.45, 7) is 6.74. The minimum atomic E-state index is 0.518. The number of H-pyrrole nitrogens is 1. The van der Waals surface area contributed by atoms with E-state index in [1.54, 1.807) is 6.20 Å². The average Bonchev–Trinajstić information content (AvgIpc) is 3.07. The third-order valence-electron chi connectivity index (χ3n) is 4.12. The molecule has 2 aromatic rings. The zero-order valence-corrected chi connectivity index (χ0v) is 12.0. The van der Waals surface area contributed by atoms with Crippen molar-refractivity contribution in [3.05, 3.63) is 30.2 Å². The van der Waals surface area contributed by atoms with Gasteiger partial charge in [0.05, 0.1) is 6.20 Å². The van der Waals surface area contributed by atoms with Crippen LogP contribution in [-0.4, -0.2) is 39.2 Å². The van der Waals surface area contributed by atoms with Crippen LogP contribution < -0.4 is 5.73 Å². The Hall–Kier alpha value is -1.88. The Bertz CT molecular complexity index is 589. The molecular formula is C15H21N5. The van der Waals surface area contributed by atoms with Crippen LogP contribution in [0.15, 0.2) is 24.5 Å². The Morgan fingerprint density at radius 3 is 3.00 bits per heavy atom. The van der Waals surface area contributed by atoms with Crippen molar-refractivity contribution in [3.63, 3.8) is 0 Å². The van der Waals surface area contributed by atoms with E-state index in [9.17, 15) is 0 Å². The lowest BCUT2D eigenvalue weighted by Gasteiger charge is -2.20. The Morgan fingerprint density at radius 1 is 1.45 bits per heavy atom. The zero-order chi connectivity index (χ0) is 14.1. The van der Waals surface area contributed by atoms with E-state index in [4.69, 9.17) is 5.73 Å². The molecule has 5 heteroatoms. The third-order valence-corrected chi connectivity index (χ3v) is 4.12. The maximum atomic E-state index is 5.78. The second kappa shape index (κ2) is 5.25. The molecule has 1 fully saturated rings. The zero-order valence-electron chi connectivity index (χ0n) is 12.0. The average molecular weight is 271 g/mol. The SMILES string of the molecule is CC(C)N1CCC(c2[nH]ncc2-c2ccnc(N)c2)C1. The molecule has 20 heavy (non-hydrogen) atoms. The number of aromatic nitrogens is 3. The summed E-state index contributed by atoms with van der Waals surface area (Å²) in [5.41, 5.74) is 9.24. The maximum Gasteiger partial charge on any atom is 0.123 e. The summed E-state index contributed by atoms with van der Waals surface area (Å²) in [4.78, 5) is 6.56. The summed E-state index contributed by atoms with van der Waals surface area (Å²) in [5, 5.41) is 7.43. The third kappa shape index (κ3) is 2.41. The van der Waals surface area contributed by atoms with Gasteiger partial charge in [-0.25, -0.2) is 4.98 Å². The summed E-state index contributed by atoms with van der Waals surface area (Å²) >= 11 is 0. The number of rotatable bonds is 3. The van der Waals surface area contributed by atoms with Crippen LogP contribution in [0.25, 0.3) is 11.1 Å². The van der Waals surface area contributed by atoms with Crippen molar-refractivity contribution in [2.24, 2.45) is 0 Å². The number of nitrogens with two attached hydrogens (primary N) is 1. The fourth-order valence-corrected chi connectivity index (χ4v) is 2.95. The van der Waals surface area contributed by atoms with Gasteiger partial charge in [0.15, 0.2) is 0 Å². The quantitative estimate of drug-likeness (QED) is 0.898. The predicted molar refractivity (Wildman–Crippen MR) is 80.3 cm³/mol. The lowest BCUT2D eigenvalue weighted by atomic mass is 9.97. The van der Waals surface area contributed by atoms with E-state index in [0.29, 0.717) is 17.8 Å². The van der Waals surface area contributed by atoms with Crippen molar-refractivity contribution in [2.45, 2.75) is 32.2 Å². The van der Waals surface area contributed by atoms with Crippen molar-refractivity contribution in [1.82, 2.24) is 20.1 Å². The number of nitrogens with zero attached hydrogens (tertiary/aromatic N) is 3. The minimum Gasteiger partial charge on any atom is -0.384 e. The van der Waals surface area contributed by atoms with E-state index in [1.807, 2.05) is 18.3 Å². The van der Waals surface area contributed by atoms with Gasteiger partial charge in [-0.05, 0) is 44.5 Å². The van der Waals surface area contributed by atoms with Gasteiger partial charge in [-0.15, -0.1) is 0 Å². The second-order valence-corrected chi connectivity index (χ2v) is 5.74. The van der Waals surface area contributed by atoms with Crippen LogP contribution in [0.2, 0.25) is 0 Å². The van der Waals surface area contributed by atoms with Gasteiger partial charge in [-0.1, -0.05) is 0 Å². The Morgan fingerprint density at radius 2 is 2.30 bits per heavy atom. The van der Waals surface area contributed by atoms with Crippen LogP contribution in [-0.2, 0) is 0 Å². The van der Waals surface area contributed by atoms with E-state index >= 15 is 0 Å². The molecule has 0 aliphatic carbocycles. The number of anilines is 1. The summed E-state index contributed by atoms with van der Waals surface area (Å²) in [7, 11) is 0. The first-order valence-electron chi connectivity index (χ1n) is 7.14. The minimum absolute atomic E-state index is 0.518. The van der Waals surface area contributed by atoms with Gasteiger partial charge in [-0.2, -0.15) is 5.10 Å². The number of likely N-dealkylation sites (tertiary alicyclic amines) is 1. The Balaban J connectivity index is 1.88. The molecule has 3 N–H and O–H groups in total. The summed E-state index contributed by atoms with van der Waals surface area (Å²) < 4.78 is 0. The monoisotopic (exact) mass is 271 g/mol. The molecule has 1 unspecified atom stereocenters. The van der Waals surface area contributed by atoms with E-state index in [1.165, 1.54) is 12.1 Å². The lowest BCUT2D eigenvalue weighted by molar-refractivity contribution is 0.272. The summed E-state index contributed by atoms with van der Waals surface area (Å²) in [6, 6.07) is 4.49. The highest BCUT2D eigenvalue weighted by Gasteiger charge is 2.28. The van der Waals surface area contributed by atoms with Crippen molar-refractivity contribution >= 4 is 5.82 Å². The first kappa shape index (κ1) is 13.1. The first-order valence-corrected chi connectivity index (χ1v) is 7.14. The first-order chi connectivity index (χ1) is 9.65. The smallest absolute Gasteiger partial charge is 0.123 e. The molecule has 0 saturated carbocycles. The molecule has 106 valence electrons. The lowest BCUT2D eigenvalue weighted by Crippen LogP contribution is -2.28. The topological polar surface area (TPSA) is 70.8 Å². The molecule has 1 atom stereocenters. The van der Waals surface area contributed by atoms with Crippen LogP contribution in [0.3, 0.4) is 0 Å². The van der Waals surface area contributed by atoms with E-state index in [-0.39, 0.29) is 0 Å². The van der Waals surface area contributed by atoms with Crippen molar-refractivity contribution in [1.29, 1.82) is 0 Å². The van der Waals surface area contributed by atoms with E-state index in [2.05, 4.69) is 33.9 Å². The van der Waals surface area contributed by atoms with Gasteiger partial charge < -0.3 is 10.6 Å². The molecule has 0 bridgehead atoms. The van der Waals surface area contributed by atoms with Crippen LogP contribution in [0.5, 0.6) is 0 Å². The molecule has 1 aliphatic heterocycles. The number of nitrogen functional groups attached to an aromatic ring is 1. The molecule has 2 aromatic heterocycles. The van der Waals surface area contributed by atoms with Gasteiger partial charge in [0.1, 0.15) is 5.82 Å².